The first-order chi connectivity index (χ1) is 5.13. The Labute approximate surface area is 64.7 Å². The zero-order valence-corrected chi connectivity index (χ0v) is 6.56. The fourth-order valence-corrected chi connectivity index (χ4v) is 0.685. The van der Waals surface area contributed by atoms with Crippen molar-refractivity contribution in [3.63, 3.8) is 0 Å². The molecule has 0 aromatic carbocycles. The third kappa shape index (κ3) is 2.91. The van der Waals surface area contributed by atoms with Crippen LogP contribution in [0.2, 0.25) is 0 Å². The summed E-state index contributed by atoms with van der Waals surface area (Å²) in [4.78, 5) is 12.9. The average molecular weight is 157 g/mol. The molecule has 5 heteroatoms. The number of nitrogens with zero attached hydrogens (tertiary/aromatic N) is 3. The van der Waals surface area contributed by atoms with Gasteiger partial charge in [-0.25, -0.2) is 0 Å². The highest BCUT2D eigenvalue weighted by Crippen LogP contribution is 2.11. The Balaban J connectivity index is 4.32. The first-order valence-electron chi connectivity index (χ1n) is 3.40. The molecular weight excluding hydrogens is 146 g/mol. The van der Waals surface area contributed by atoms with Gasteiger partial charge in [0.2, 0.25) is 0 Å². The second kappa shape index (κ2) is 4.57. The maximum atomic E-state index is 10.4. The van der Waals surface area contributed by atoms with Crippen molar-refractivity contribution >= 4 is 5.97 Å². The molecule has 0 aromatic rings. The maximum absolute atomic E-state index is 10.4. The Hall–Kier alpha value is -1.22. The summed E-state index contributed by atoms with van der Waals surface area (Å²) in [5.41, 5.74) is 8.02. The predicted molar refractivity (Wildman–Crippen MR) is 40.0 cm³/mol. The van der Waals surface area contributed by atoms with E-state index in [1.165, 1.54) is 0 Å². The molecule has 0 aromatic heterocycles. The standard InChI is InChI=1S/C6H11N3O2/c1-3-4(2)5(6(10)11)8-9-7/h4-5H,3H2,1-2H3,(H,10,11)/t4-,5+/m0/s1. The lowest BCUT2D eigenvalue weighted by atomic mass is 10.0. The molecule has 0 aliphatic heterocycles. The second-order valence-corrected chi connectivity index (χ2v) is 2.37. The summed E-state index contributed by atoms with van der Waals surface area (Å²) >= 11 is 0. The van der Waals surface area contributed by atoms with Gasteiger partial charge in [0.1, 0.15) is 6.04 Å². The highest BCUT2D eigenvalue weighted by molar-refractivity contribution is 5.73. The van der Waals surface area contributed by atoms with Crippen LogP contribution in [0.25, 0.3) is 10.4 Å². The number of carboxylic acid groups (broad SMARTS) is 1. The minimum Gasteiger partial charge on any atom is -0.481 e. The van der Waals surface area contributed by atoms with Crippen LogP contribution in [0.5, 0.6) is 0 Å². The van der Waals surface area contributed by atoms with Crippen LogP contribution in [0.3, 0.4) is 0 Å². The fourth-order valence-electron chi connectivity index (χ4n) is 0.685. The van der Waals surface area contributed by atoms with Crippen molar-refractivity contribution < 1.29 is 9.90 Å². The molecule has 0 rings (SSSR count). The van der Waals surface area contributed by atoms with Crippen molar-refractivity contribution in [2.24, 2.45) is 11.0 Å². The van der Waals surface area contributed by atoms with Gasteiger partial charge in [0.05, 0.1) is 0 Å². The van der Waals surface area contributed by atoms with E-state index < -0.39 is 12.0 Å². The Morgan fingerprint density at radius 2 is 2.36 bits per heavy atom. The quantitative estimate of drug-likeness (QED) is 0.383. The second-order valence-electron chi connectivity index (χ2n) is 2.37. The summed E-state index contributed by atoms with van der Waals surface area (Å²) in [5.74, 6) is -1.17. The molecular formula is C6H11N3O2. The summed E-state index contributed by atoms with van der Waals surface area (Å²) < 4.78 is 0. The van der Waals surface area contributed by atoms with E-state index in [1.54, 1.807) is 6.92 Å². The van der Waals surface area contributed by atoms with Crippen LogP contribution < -0.4 is 0 Å². The number of carbonyl (C=O) groups is 1. The van der Waals surface area contributed by atoms with Crippen LogP contribution in [0.4, 0.5) is 0 Å². The summed E-state index contributed by atoms with van der Waals surface area (Å²) in [6.07, 6.45) is 0.690. The van der Waals surface area contributed by atoms with Crippen LogP contribution in [-0.2, 0) is 4.79 Å². The summed E-state index contributed by atoms with van der Waals surface area (Å²) in [6.45, 7) is 3.60. The van der Waals surface area contributed by atoms with Crippen LogP contribution in [0.15, 0.2) is 5.11 Å². The van der Waals surface area contributed by atoms with Gasteiger partial charge >= 0.3 is 5.97 Å². The monoisotopic (exact) mass is 157 g/mol. The van der Waals surface area contributed by atoms with E-state index in [9.17, 15) is 4.79 Å². The summed E-state index contributed by atoms with van der Waals surface area (Å²) in [5, 5.41) is 11.7. The number of hydrogen-bond donors (Lipinski definition) is 1. The fraction of sp³-hybridized carbons (Fsp3) is 0.833. The minimum atomic E-state index is -1.06. The molecule has 0 saturated heterocycles. The van der Waals surface area contributed by atoms with Gasteiger partial charge in [-0.05, 0) is 11.4 Å². The van der Waals surface area contributed by atoms with E-state index in [4.69, 9.17) is 10.6 Å². The lowest BCUT2D eigenvalue weighted by Gasteiger charge is -2.11. The molecule has 0 saturated carbocycles. The van der Waals surface area contributed by atoms with Crippen LogP contribution in [0.1, 0.15) is 20.3 Å². The molecule has 0 unspecified atom stereocenters. The molecule has 0 aliphatic carbocycles. The van der Waals surface area contributed by atoms with Crippen molar-refractivity contribution in [3.8, 4) is 0 Å². The van der Waals surface area contributed by atoms with Crippen molar-refractivity contribution in [1.82, 2.24) is 0 Å². The molecule has 0 aliphatic rings. The predicted octanol–water partition coefficient (Wildman–Crippen LogP) is 1.80. The highest BCUT2D eigenvalue weighted by atomic mass is 16.4. The molecule has 0 spiro atoms. The van der Waals surface area contributed by atoms with Gasteiger partial charge in [-0.1, -0.05) is 25.4 Å². The Morgan fingerprint density at radius 3 is 2.64 bits per heavy atom. The molecule has 11 heavy (non-hydrogen) atoms. The normalized spacial score (nSPS) is 14.7. The van der Waals surface area contributed by atoms with Crippen LogP contribution in [-0.4, -0.2) is 17.1 Å². The van der Waals surface area contributed by atoms with Gasteiger partial charge in [0, 0.05) is 4.91 Å². The van der Waals surface area contributed by atoms with E-state index in [1.807, 2.05) is 6.92 Å². The van der Waals surface area contributed by atoms with E-state index in [0.717, 1.165) is 0 Å². The number of carboxylic acids is 1. The van der Waals surface area contributed by atoms with Gasteiger partial charge in [-0.15, -0.1) is 0 Å². The highest BCUT2D eigenvalue weighted by Gasteiger charge is 2.21. The Morgan fingerprint density at radius 1 is 1.82 bits per heavy atom. The van der Waals surface area contributed by atoms with Crippen molar-refractivity contribution in [3.05, 3.63) is 10.4 Å². The first kappa shape index (κ1) is 9.78. The minimum absolute atomic E-state index is 0.108. The summed E-state index contributed by atoms with van der Waals surface area (Å²) in [7, 11) is 0. The molecule has 1 N–H and O–H groups in total. The average Bonchev–Trinajstić information content (AvgIpc) is 1.98. The van der Waals surface area contributed by atoms with E-state index in [0.29, 0.717) is 6.42 Å². The van der Waals surface area contributed by atoms with E-state index in [-0.39, 0.29) is 5.92 Å². The first-order valence-corrected chi connectivity index (χ1v) is 3.40. The smallest absolute Gasteiger partial charge is 0.312 e. The summed E-state index contributed by atoms with van der Waals surface area (Å²) in [6, 6.07) is -0.926. The topological polar surface area (TPSA) is 86.1 Å². The Bertz CT molecular complexity index is 184. The molecule has 0 bridgehead atoms. The number of hydrogen-bond acceptors (Lipinski definition) is 2. The van der Waals surface area contributed by atoms with E-state index >= 15 is 0 Å². The number of azide groups is 1. The molecule has 0 radical (unpaired) electrons. The lowest BCUT2D eigenvalue weighted by molar-refractivity contribution is -0.139. The Kier molecular flexibility index (Phi) is 4.07. The van der Waals surface area contributed by atoms with Crippen molar-refractivity contribution in [1.29, 1.82) is 0 Å². The van der Waals surface area contributed by atoms with Crippen LogP contribution >= 0.6 is 0 Å². The van der Waals surface area contributed by atoms with Gasteiger partial charge in [0.15, 0.2) is 0 Å². The molecule has 62 valence electrons. The molecule has 0 fully saturated rings. The molecule has 0 heterocycles. The number of aliphatic carboxylic acids is 1. The van der Waals surface area contributed by atoms with Crippen LogP contribution in [0, 0.1) is 5.92 Å². The molecule has 5 nitrogen and oxygen atoms in total. The third-order valence-electron chi connectivity index (χ3n) is 1.61. The zero-order valence-electron chi connectivity index (χ0n) is 6.56. The lowest BCUT2D eigenvalue weighted by Crippen LogP contribution is -2.24. The number of rotatable bonds is 4. The van der Waals surface area contributed by atoms with Gasteiger partial charge in [-0.2, -0.15) is 0 Å². The molecule has 2 atom stereocenters. The van der Waals surface area contributed by atoms with E-state index in [2.05, 4.69) is 10.0 Å². The van der Waals surface area contributed by atoms with Gasteiger partial charge < -0.3 is 5.11 Å². The molecule has 0 amide bonds. The third-order valence-corrected chi connectivity index (χ3v) is 1.61. The largest absolute Gasteiger partial charge is 0.481 e. The van der Waals surface area contributed by atoms with Crippen molar-refractivity contribution in [2.45, 2.75) is 26.3 Å². The van der Waals surface area contributed by atoms with Crippen molar-refractivity contribution in [2.75, 3.05) is 0 Å². The maximum Gasteiger partial charge on any atom is 0.312 e. The van der Waals surface area contributed by atoms with Gasteiger partial charge in [-0.3, -0.25) is 4.79 Å². The zero-order chi connectivity index (χ0) is 8.85. The van der Waals surface area contributed by atoms with Gasteiger partial charge in [0.25, 0.3) is 0 Å². The SMILES string of the molecule is CC[C@H](C)[C@@H](N=[N+]=[N-])C(=O)O.